The normalized spacial score (nSPS) is 18.7. The Balaban J connectivity index is 1.96. The van der Waals surface area contributed by atoms with Crippen LogP contribution in [0.25, 0.3) is 0 Å². The first kappa shape index (κ1) is 21.7. The Morgan fingerprint density at radius 1 is 1.17 bits per heavy atom. The highest BCUT2D eigenvalue weighted by Crippen LogP contribution is 2.41. The fraction of sp³-hybridized carbons (Fsp3) is 0.292. The number of hydrogen-bond donors (Lipinski definition) is 1. The van der Waals surface area contributed by atoms with Crippen LogP contribution in [0.3, 0.4) is 0 Å². The van der Waals surface area contributed by atoms with Crippen molar-refractivity contribution in [2.75, 3.05) is 4.90 Å². The van der Waals surface area contributed by atoms with Crippen molar-refractivity contribution >= 4 is 29.3 Å². The van der Waals surface area contributed by atoms with Crippen LogP contribution < -0.4 is 10.2 Å². The summed E-state index contributed by atoms with van der Waals surface area (Å²) < 4.78 is 0. The number of carbonyl (C=O) groups is 2. The van der Waals surface area contributed by atoms with E-state index in [1.54, 1.807) is 0 Å². The van der Waals surface area contributed by atoms with E-state index in [0.29, 0.717) is 17.1 Å². The van der Waals surface area contributed by atoms with E-state index in [4.69, 9.17) is 0 Å². The Hall–Kier alpha value is -3.04. The van der Waals surface area contributed by atoms with Gasteiger partial charge in [0.1, 0.15) is 16.7 Å². The first-order valence-electron chi connectivity index (χ1n) is 10.1. The SMILES string of the molecule is CCc1ccc(N2C(=O)C(CC)S/C2=C(/C#N)C(=O)NC(C)c2ccccc2)cc1. The third-order valence-electron chi connectivity index (χ3n) is 5.13. The topological polar surface area (TPSA) is 73.2 Å². The van der Waals surface area contributed by atoms with Gasteiger partial charge in [-0.05, 0) is 43.0 Å². The largest absolute Gasteiger partial charge is 0.345 e. The second-order valence-corrected chi connectivity index (χ2v) is 8.30. The minimum Gasteiger partial charge on any atom is -0.345 e. The predicted molar refractivity (Wildman–Crippen MR) is 121 cm³/mol. The molecule has 2 amide bonds. The second-order valence-electron chi connectivity index (χ2n) is 7.11. The van der Waals surface area contributed by atoms with Crippen molar-refractivity contribution in [3.63, 3.8) is 0 Å². The lowest BCUT2D eigenvalue weighted by atomic mass is 10.1. The average Bonchev–Trinajstić information content (AvgIpc) is 3.10. The minimum atomic E-state index is -0.476. The Bertz CT molecular complexity index is 993. The lowest BCUT2D eigenvalue weighted by Crippen LogP contribution is -2.32. The summed E-state index contributed by atoms with van der Waals surface area (Å²) in [5, 5.41) is 12.8. The van der Waals surface area contributed by atoms with E-state index >= 15 is 0 Å². The quantitative estimate of drug-likeness (QED) is 0.543. The zero-order valence-electron chi connectivity index (χ0n) is 17.4. The van der Waals surface area contributed by atoms with Crippen molar-refractivity contribution in [1.82, 2.24) is 5.32 Å². The zero-order valence-corrected chi connectivity index (χ0v) is 18.2. The molecule has 1 fully saturated rings. The van der Waals surface area contributed by atoms with Crippen LogP contribution in [0.15, 0.2) is 65.2 Å². The Morgan fingerprint density at radius 3 is 2.40 bits per heavy atom. The molecule has 1 aliphatic rings. The highest BCUT2D eigenvalue weighted by molar-refractivity contribution is 8.05. The molecule has 0 spiro atoms. The molecule has 1 saturated heterocycles. The monoisotopic (exact) mass is 419 g/mol. The molecule has 6 heteroatoms. The molecule has 2 aromatic rings. The molecule has 2 unspecified atom stereocenters. The standard InChI is InChI=1S/C24H25N3O2S/c1-4-17-11-13-19(14-12-17)27-23(29)21(5-2)30-24(27)20(15-25)22(28)26-16(3)18-9-7-6-8-10-18/h6-14,16,21H,4-5H2,1-3H3,(H,26,28)/b24-20-. The molecule has 2 atom stereocenters. The summed E-state index contributed by atoms with van der Waals surface area (Å²) in [6, 6.07) is 19.0. The molecule has 0 aromatic heterocycles. The molecular formula is C24H25N3O2S. The molecule has 0 aliphatic carbocycles. The molecule has 1 heterocycles. The van der Waals surface area contributed by atoms with Gasteiger partial charge in [0.2, 0.25) is 5.91 Å². The van der Waals surface area contributed by atoms with Crippen LogP contribution in [0.4, 0.5) is 5.69 Å². The molecule has 0 bridgehead atoms. The number of benzene rings is 2. The van der Waals surface area contributed by atoms with Gasteiger partial charge in [-0.1, -0.05) is 68.1 Å². The van der Waals surface area contributed by atoms with Gasteiger partial charge in [0.15, 0.2) is 0 Å². The van der Waals surface area contributed by atoms with E-state index in [-0.39, 0.29) is 22.8 Å². The van der Waals surface area contributed by atoms with Crippen LogP contribution in [0.1, 0.15) is 44.4 Å². The van der Waals surface area contributed by atoms with E-state index in [1.165, 1.54) is 16.7 Å². The number of amides is 2. The fourth-order valence-electron chi connectivity index (χ4n) is 3.33. The van der Waals surface area contributed by atoms with Gasteiger partial charge in [0.25, 0.3) is 5.91 Å². The van der Waals surface area contributed by atoms with Gasteiger partial charge in [0.05, 0.1) is 11.3 Å². The van der Waals surface area contributed by atoms with Crippen molar-refractivity contribution in [1.29, 1.82) is 5.26 Å². The summed E-state index contributed by atoms with van der Waals surface area (Å²) >= 11 is 1.29. The summed E-state index contributed by atoms with van der Waals surface area (Å²) in [5.41, 5.74) is 2.74. The Kier molecular flexibility index (Phi) is 6.96. The maximum Gasteiger partial charge on any atom is 0.265 e. The first-order valence-corrected chi connectivity index (χ1v) is 11.0. The third-order valence-corrected chi connectivity index (χ3v) is 6.56. The number of anilines is 1. The van der Waals surface area contributed by atoms with Gasteiger partial charge >= 0.3 is 0 Å². The number of nitrogens with zero attached hydrogens (tertiary/aromatic N) is 2. The maximum atomic E-state index is 13.0. The molecule has 30 heavy (non-hydrogen) atoms. The van der Waals surface area contributed by atoms with Crippen molar-refractivity contribution in [2.24, 2.45) is 0 Å². The Morgan fingerprint density at radius 2 is 1.83 bits per heavy atom. The van der Waals surface area contributed by atoms with Gasteiger partial charge in [-0.3, -0.25) is 14.5 Å². The highest BCUT2D eigenvalue weighted by Gasteiger charge is 2.39. The second kappa shape index (κ2) is 9.64. The average molecular weight is 420 g/mol. The van der Waals surface area contributed by atoms with E-state index in [1.807, 2.05) is 74.5 Å². The van der Waals surface area contributed by atoms with Gasteiger partial charge < -0.3 is 5.32 Å². The van der Waals surface area contributed by atoms with Gasteiger partial charge in [0, 0.05) is 5.69 Å². The number of nitriles is 1. The lowest BCUT2D eigenvalue weighted by molar-refractivity contribution is -0.117. The van der Waals surface area contributed by atoms with Crippen molar-refractivity contribution in [2.45, 2.75) is 44.9 Å². The summed E-state index contributed by atoms with van der Waals surface area (Å²) in [7, 11) is 0. The number of aryl methyl sites for hydroxylation is 1. The molecule has 1 N–H and O–H groups in total. The molecule has 5 nitrogen and oxygen atoms in total. The van der Waals surface area contributed by atoms with Gasteiger partial charge in [-0.15, -0.1) is 0 Å². The number of hydrogen-bond acceptors (Lipinski definition) is 4. The van der Waals surface area contributed by atoms with E-state index in [9.17, 15) is 14.9 Å². The Labute approximate surface area is 181 Å². The van der Waals surface area contributed by atoms with Crippen LogP contribution in [0.2, 0.25) is 0 Å². The van der Waals surface area contributed by atoms with E-state index < -0.39 is 5.91 Å². The minimum absolute atomic E-state index is 0.0355. The molecule has 2 aromatic carbocycles. The van der Waals surface area contributed by atoms with E-state index in [0.717, 1.165) is 17.5 Å². The smallest absolute Gasteiger partial charge is 0.265 e. The van der Waals surface area contributed by atoms with E-state index in [2.05, 4.69) is 12.2 Å². The zero-order chi connectivity index (χ0) is 21.7. The van der Waals surface area contributed by atoms with Gasteiger partial charge in [-0.2, -0.15) is 5.26 Å². The van der Waals surface area contributed by atoms with Gasteiger partial charge in [-0.25, -0.2) is 0 Å². The number of rotatable bonds is 6. The maximum absolute atomic E-state index is 13.0. The fourth-order valence-corrected chi connectivity index (χ4v) is 4.52. The molecule has 0 saturated carbocycles. The molecular weight excluding hydrogens is 394 g/mol. The number of thioether (sulfide) groups is 1. The van der Waals surface area contributed by atoms with Crippen molar-refractivity contribution in [3.05, 3.63) is 76.3 Å². The molecule has 0 radical (unpaired) electrons. The molecule has 154 valence electrons. The first-order chi connectivity index (χ1) is 14.5. The summed E-state index contributed by atoms with van der Waals surface area (Å²) in [6.45, 7) is 5.87. The van der Waals surface area contributed by atoms with Crippen LogP contribution in [-0.2, 0) is 16.0 Å². The summed E-state index contributed by atoms with van der Waals surface area (Å²) in [6.07, 6.45) is 1.52. The van der Waals surface area contributed by atoms with Crippen molar-refractivity contribution in [3.8, 4) is 6.07 Å². The van der Waals surface area contributed by atoms with Crippen LogP contribution in [0.5, 0.6) is 0 Å². The third kappa shape index (κ3) is 4.42. The molecule has 1 aliphatic heterocycles. The number of carbonyl (C=O) groups excluding carboxylic acids is 2. The van der Waals surface area contributed by atoms with Crippen LogP contribution in [0, 0.1) is 11.3 Å². The molecule has 3 rings (SSSR count). The summed E-state index contributed by atoms with van der Waals surface area (Å²) in [5.74, 6) is -0.575. The highest BCUT2D eigenvalue weighted by atomic mass is 32.2. The van der Waals surface area contributed by atoms with Crippen LogP contribution >= 0.6 is 11.8 Å². The van der Waals surface area contributed by atoms with Crippen LogP contribution in [-0.4, -0.2) is 17.1 Å². The van der Waals surface area contributed by atoms with Crippen molar-refractivity contribution < 1.29 is 9.59 Å². The lowest BCUT2D eigenvalue weighted by Gasteiger charge is -2.20. The number of nitrogens with one attached hydrogen (secondary N) is 1. The predicted octanol–water partition coefficient (Wildman–Crippen LogP) is 4.72. The summed E-state index contributed by atoms with van der Waals surface area (Å²) in [4.78, 5) is 27.5.